The molecule has 0 saturated heterocycles. The highest BCUT2D eigenvalue weighted by atomic mass is 31.2. The first-order chi connectivity index (χ1) is 21.7. The quantitative estimate of drug-likeness (QED) is 0.118. The number of para-hydroxylation sites is 1. The summed E-state index contributed by atoms with van der Waals surface area (Å²) < 4.78 is 15.0. The summed E-state index contributed by atoms with van der Waals surface area (Å²) >= 11 is 0. The minimum Gasteiger partial charge on any atom is -0.309 e. The number of rotatable bonds is 4. The van der Waals surface area contributed by atoms with Crippen LogP contribution in [0.25, 0.3) is 65.3 Å². The van der Waals surface area contributed by atoms with Crippen molar-refractivity contribution in [3.63, 3.8) is 0 Å². The lowest BCUT2D eigenvalue weighted by molar-refractivity contribution is 0.592. The first-order valence-corrected chi connectivity index (χ1v) is 16.6. The maximum absolute atomic E-state index is 15.0. The van der Waals surface area contributed by atoms with Gasteiger partial charge in [0.1, 0.15) is 0 Å². The molecule has 1 aromatic heterocycles. The average molecular weight is 580 g/mol. The van der Waals surface area contributed by atoms with Crippen molar-refractivity contribution in [3.05, 3.63) is 158 Å². The fourth-order valence-electron chi connectivity index (χ4n) is 7.02. The zero-order chi connectivity index (χ0) is 29.3. The van der Waals surface area contributed by atoms with Crippen molar-refractivity contribution < 1.29 is 4.57 Å². The van der Waals surface area contributed by atoms with Gasteiger partial charge in [0.15, 0.2) is 7.14 Å². The molecule has 1 heterocycles. The topological polar surface area (TPSA) is 30.0 Å². The summed E-state index contributed by atoms with van der Waals surface area (Å²) in [4.78, 5) is 5.25. The molecule has 0 N–H and O–H groups in total. The molecule has 0 radical (unpaired) electrons. The second kappa shape index (κ2) is 9.61. The molecule has 2 nitrogen and oxygen atoms in total. The van der Waals surface area contributed by atoms with Crippen molar-refractivity contribution in [2.45, 2.75) is 0 Å². The zero-order valence-electron chi connectivity index (χ0n) is 23.8. The van der Waals surface area contributed by atoms with Crippen molar-refractivity contribution in [1.29, 1.82) is 0 Å². The normalized spacial score (nSPS) is 12.2. The van der Waals surface area contributed by atoms with Gasteiger partial charge in [-0.2, -0.15) is 0 Å². The lowest BCUT2D eigenvalue weighted by Crippen LogP contribution is -2.24. The molecule has 0 fully saturated rings. The number of nitrogens with zero attached hydrogens (tertiary/aromatic N) is 1. The highest BCUT2D eigenvalue weighted by molar-refractivity contribution is 7.85. The van der Waals surface area contributed by atoms with Gasteiger partial charge in [-0.15, -0.1) is 0 Å². The van der Waals surface area contributed by atoms with E-state index in [0.29, 0.717) is 0 Å². The van der Waals surface area contributed by atoms with Crippen molar-refractivity contribution in [2.75, 3.05) is 0 Å². The Morgan fingerprint density at radius 3 is 1.70 bits per heavy atom. The third-order valence-electron chi connectivity index (χ3n) is 9.05. The molecule has 206 valence electrons. The van der Waals surface area contributed by atoms with Crippen LogP contribution in [0.5, 0.6) is 0 Å². The standard InChI is InChI=1S/C41H26NOP/c43-44(31-12-3-1-4-13-31,32-14-5-2-6-15-32)33-23-20-29(21-24-33)41-36-26-30-19-18-27-10-9-11-28-22-25-35(39(30)38(27)28)40(36)34-16-7-8-17-37(34)42-41/h1-26H. The molecular formula is C41H26NOP. The van der Waals surface area contributed by atoms with E-state index in [0.717, 1.165) is 43.5 Å². The molecule has 0 aliphatic heterocycles. The van der Waals surface area contributed by atoms with Gasteiger partial charge in [-0.25, -0.2) is 4.98 Å². The zero-order valence-corrected chi connectivity index (χ0v) is 24.7. The monoisotopic (exact) mass is 579 g/mol. The van der Waals surface area contributed by atoms with Gasteiger partial charge in [0.05, 0.1) is 11.2 Å². The predicted octanol–water partition coefficient (Wildman–Crippen LogP) is 9.59. The minimum absolute atomic E-state index is 0.811. The van der Waals surface area contributed by atoms with Crippen LogP contribution in [0.2, 0.25) is 0 Å². The molecule has 0 amide bonds. The van der Waals surface area contributed by atoms with Crippen LogP contribution in [0.15, 0.2) is 158 Å². The van der Waals surface area contributed by atoms with Crippen LogP contribution in [0.1, 0.15) is 0 Å². The second-order valence-electron chi connectivity index (χ2n) is 11.5. The molecule has 0 spiro atoms. The Bertz CT molecular complexity index is 2500. The Balaban J connectivity index is 1.31. The Kier molecular flexibility index (Phi) is 5.51. The molecule has 0 aliphatic carbocycles. The van der Waals surface area contributed by atoms with Crippen LogP contribution in [0.3, 0.4) is 0 Å². The van der Waals surface area contributed by atoms with Crippen molar-refractivity contribution in [2.24, 2.45) is 0 Å². The number of hydrogen-bond donors (Lipinski definition) is 0. The summed E-state index contributed by atoms with van der Waals surface area (Å²) in [5.41, 5.74) is 2.91. The maximum Gasteiger partial charge on any atom is 0.171 e. The number of hydrogen-bond acceptors (Lipinski definition) is 2. The minimum atomic E-state index is -3.07. The molecule has 0 unspecified atom stereocenters. The van der Waals surface area contributed by atoms with Crippen molar-refractivity contribution >= 4 is 77.0 Å². The van der Waals surface area contributed by atoms with E-state index in [1.165, 1.54) is 37.7 Å². The summed E-state index contributed by atoms with van der Waals surface area (Å²) in [5.74, 6) is 0. The number of fused-ring (bicyclic) bond motifs is 4. The number of aromatic nitrogens is 1. The highest BCUT2D eigenvalue weighted by Crippen LogP contribution is 2.45. The number of pyridine rings is 1. The lowest BCUT2D eigenvalue weighted by atomic mass is 9.88. The third kappa shape index (κ3) is 3.62. The van der Waals surface area contributed by atoms with E-state index in [2.05, 4.69) is 84.9 Å². The average Bonchev–Trinajstić information content (AvgIpc) is 3.10. The third-order valence-corrected chi connectivity index (χ3v) is 12.1. The van der Waals surface area contributed by atoms with E-state index in [4.69, 9.17) is 4.98 Å². The van der Waals surface area contributed by atoms with Crippen molar-refractivity contribution in [1.82, 2.24) is 4.98 Å². The summed E-state index contributed by atoms with van der Waals surface area (Å²) in [6.45, 7) is 0. The predicted molar refractivity (Wildman–Crippen MR) is 188 cm³/mol. The van der Waals surface area contributed by atoms with Gasteiger partial charge in [-0.3, -0.25) is 0 Å². The van der Waals surface area contributed by atoms with E-state index in [9.17, 15) is 4.57 Å². The smallest absolute Gasteiger partial charge is 0.171 e. The van der Waals surface area contributed by atoms with E-state index >= 15 is 0 Å². The van der Waals surface area contributed by atoms with Gasteiger partial charge in [-0.05, 0) is 44.5 Å². The van der Waals surface area contributed by atoms with Crippen LogP contribution in [0.4, 0.5) is 0 Å². The van der Waals surface area contributed by atoms with Crippen LogP contribution in [-0.4, -0.2) is 4.98 Å². The molecule has 0 atom stereocenters. The largest absolute Gasteiger partial charge is 0.309 e. The van der Waals surface area contributed by atoms with Crippen LogP contribution in [0, 0.1) is 0 Å². The Morgan fingerprint density at radius 1 is 0.409 bits per heavy atom. The SMILES string of the molecule is O=P(c1ccccc1)(c1ccccc1)c1ccc(-c2nc3ccccc3c3c2cc2ccc4cccc5ccc3c2c45)cc1. The van der Waals surface area contributed by atoms with E-state index in [1.807, 2.05) is 72.8 Å². The van der Waals surface area contributed by atoms with Gasteiger partial charge in [0.2, 0.25) is 0 Å². The highest BCUT2D eigenvalue weighted by Gasteiger charge is 2.29. The molecule has 0 aliphatic rings. The lowest BCUT2D eigenvalue weighted by Gasteiger charge is -2.20. The van der Waals surface area contributed by atoms with Gasteiger partial charge in [0.25, 0.3) is 0 Å². The molecule has 3 heteroatoms. The maximum atomic E-state index is 15.0. The molecule has 44 heavy (non-hydrogen) atoms. The van der Waals surface area contributed by atoms with Crippen LogP contribution in [-0.2, 0) is 4.57 Å². The van der Waals surface area contributed by atoms with Crippen LogP contribution >= 0.6 is 7.14 Å². The molecular weight excluding hydrogens is 553 g/mol. The molecule has 9 aromatic rings. The fourth-order valence-corrected chi connectivity index (χ4v) is 9.67. The summed E-state index contributed by atoms with van der Waals surface area (Å²) in [6.07, 6.45) is 0. The number of benzene rings is 8. The molecule has 0 bridgehead atoms. The first kappa shape index (κ1) is 25.2. The molecule has 9 rings (SSSR count). The van der Waals surface area contributed by atoms with E-state index in [1.54, 1.807) is 0 Å². The Labute approximate surface area is 254 Å². The second-order valence-corrected chi connectivity index (χ2v) is 14.2. The van der Waals surface area contributed by atoms with E-state index in [-0.39, 0.29) is 0 Å². The van der Waals surface area contributed by atoms with Crippen LogP contribution < -0.4 is 15.9 Å². The van der Waals surface area contributed by atoms with Gasteiger partial charge in [-0.1, -0.05) is 146 Å². The Hall–Kier alpha value is -5.30. The summed E-state index contributed by atoms with van der Waals surface area (Å²) in [6, 6.07) is 54.2. The summed E-state index contributed by atoms with van der Waals surface area (Å²) in [7, 11) is -3.07. The van der Waals surface area contributed by atoms with Crippen molar-refractivity contribution in [3.8, 4) is 11.3 Å². The van der Waals surface area contributed by atoms with Gasteiger partial charge < -0.3 is 4.57 Å². The molecule has 0 saturated carbocycles. The van der Waals surface area contributed by atoms with Gasteiger partial charge >= 0.3 is 0 Å². The van der Waals surface area contributed by atoms with E-state index < -0.39 is 7.14 Å². The first-order valence-electron chi connectivity index (χ1n) is 14.9. The Morgan fingerprint density at radius 2 is 1.00 bits per heavy atom. The molecule has 8 aromatic carbocycles. The summed E-state index contributed by atoms with van der Waals surface area (Å²) in [5, 5.41) is 13.6. The fraction of sp³-hybridized carbons (Fsp3) is 0. The van der Waals surface area contributed by atoms with Gasteiger partial charge in [0, 0.05) is 37.6 Å².